The maximum absolute atomic E-state index is 10.1. The molecule has 72 valence electrons. The summed E-state index contributed by atoms with van der Waals surface area (Å²) < 4.78 is 4.51. The molecule has 0 atom stereocenters. The van der Waals surface area contributed by atoms with E-state index in [2.05, 4.69) is 25.7 Å². The van der Waals surface area contributed by atoms with Crippen molar-refractivity contribution >= 4 is 21.9 Å². The molecule has 13 heavy (non-hydrogen) atoms. The Labute approximate surface area is 86.3 Å². The van der Waals surface area contributed by atoms with Crippen LogP contribution in [0.25, 0.3) is 0 Å². The molecule has 4 heteroatoms. The zero-order valence-corrected chi connectivity index (χ0v) is 9.03. The first-order valence-electron chi connectivity index (χ1n) is 3.87. The molecule has 1 aromatic rings. The van der Waals surface area contributed by atoms with Gasteiger partial charge in [0.1, 0.15) is 5.33 Å². The maximum atomic E-state index is 10.1. The van der Waals surface area contributed by atoms with Gasteiger partial charge in [-0.1, -0.05) is 22.0 Å². The first-order chi connectivity index (χ1) is 6.31. The number of rotatable bonds is 2. The molecule has 1 rings (SSSR count). The smallest absolute Gasteiger partial charge is 0.316 e. The van der Waals surface area contributed by atoms with Gasteiger partial charge in [-0.15, -0.1) is 0 Å². The van der Waals surface area contributed by atoms with Crippen LogP contribution in [0.5, 0.6) is 0 Å². The molecule has 3 nitrogen and oxygen atoms in total. The fourth-order valence-corrected chi connectivity index (χ4v) is 0.674. The Bertz CT molecular complexity index is 189. The Hall–Kier alpha value is -0.900. The number of hydrogen-bond acceptors (Lipinski definition) is 3. The highest BCUT2D eigenvalue weighted by Gasteiger charge is 1.92. The Morgan fingerprint density at radius 1 is 1.38 bits per heavy atom. The van der Waals surface area contributed by atoms with Crippen molar-refractivity contribution in [2.75, 3.05) is 11.9 Å². The number of nitrogens with zero attached hydrogens (tertiary/aromatic N) is 1. The van der Waals surface area contributed by atoms with Crippen molar-refractivity contribution in [3.05, 3.63) is 30.6 Å². The highest BCUT2D eigenvalue weighted by Crippen LogP contribution is 1.82. The van der Waals surface area contributed by atoms with Crippen LogP contribution in [-0.4, -0.2) is 22.9 Å². The molecule has 0 aliphatic carbocycles. The van der Waals surface area contributed by atoms with Gasteiger partial charge in [-0.05, 0) is 19.1 Å². The number of aromatic nitrogens is 1. The van der Waals surface area contributed by atoms with Gasteiger partial charge < -0.3 is 4.74 Å². The van der Waals surface area contributed by atoms with E-state index in [1.54, 1.807) is 19.3 Å². The van der Waals surface area contributed by atoms with E-state index in [0.29, 0.717) is 11.9 Å². The van der Waals surface area contributed by atoms with Crippen LogP contribution in [0.1, 0.15) is 6.92 Å². The summed E-state index contributed by atoms with van der Waals surface area (Å²) >= 11 is 2.94. The van der Waals surface area contributed by atoms with E-state index < -0.39 is 0 Å². The van der Waals surface area contributed by atoms with E-state index in [0.717, 1.165) is 0 Å². The lowest BCUT2D eigenvalue weighted by Crippen LogP contribution is -2.03. The van der Waals surface area contributed by atoms with Crippen LogP contribution in [0.3, 0.4) is 0 Å². The molecular formula is C9H12BrNO2. The van der Waals surface area contributed by atoms with Gasteiger partial charge in [0.05, 0.1) is 6.61 Å². The normalized spacial score (nSPS) is 8.15. The highest BCUT2D eigenvalue weighted by molar-refractivity contribution is 9.09. The first-order valence-corrected chi connectivity index (χ1v) is 5.00. The Morgan fingerprint density at radius 2 is 2.00 bits per heavy atom. The monoisotopic (exact) mass is 245 g/mol. The van der Waals surface area contributed by atoms with Crippen LogP contribution in [-0.2, 0) is 9.53 Å². The fourth-order valence-electron chi connectivity index (χ4n) is 0.512. The number of alkyl halides is 1. The van der Waals surface area contributed by atoms with Crippen LogP contribution in [0, 0.1) is 0 Å². The van der Waals surface area contributed by atoms with Crippen molar-refractivity contribution in [1.82, 2.24) is 4.98 Å². The Balaban J connectivity index is 0.000000223. The number of ether oxygens (including phenoxy) is 1. The van der Waals surface area contributed by atoms with Crippen LogP contribution in [0.2, 0.25) is 0 Å². The van der Waals surface area contributed by atoms with Crippen molar-refractivity contribution in [1.29, 1.82) is 0 Å². The summed E-state index contributed by atoms with van der Waals surface area (Å²) in [7, 11) is 0. The molecule has 0 aliphatic rings. The third-order valence-electron chi connectivity index (χ3n) is 0.981. The second kappa shape index (κ2) is 9.19. The van der Waals surface area contributed by atoms with Crippen LogP contribution < -0.4 is 0 Å². The van der Waals surface area contributed by atoms with Gasteiger partial charge >= 0.3 is 5.97 Å². The molecular weight excluding hydrogens is 234 g/mol. The molecule has 0 bridgehead atoms. The van der Waals surface area contributed by atoms with E-state index in [-0.39, 0.29) is 5.97 Å². The van der Waals surface area contributed by atoms with E-state index in [9.17, 15) is 4.79 Å². The minimum absolute atomic E-state index is 0.206. The maximum Gasteiger partial charge on any atom is 0.316 e. The third kappa shape index (κ3) is 9.01. The molecule has 0 aromatic carbocycles. The molecule has 0 saturated carbocycles. The lowest BCUT2D eigenvalue weighted by molar-refractivity contribution is -0.139. The topological polar surface area (TPSA) is 39.2 Å². The molecule has 0 amide bonds. The quantitative estimate of drug-likeness (QED) is 0.592. The predicted molar refractivity (Wildman–Crippen MR) is 54.7 cm³/mol. The second-order valence-electron chi connectivity index (χ2n) is 1.96. The molecule has 0 fully saturated rings. The van der Waals surface area contributed by atoms with E-state index in [4.69, 9.17) is 0 Å². The van der Waals surface area contributed by atoms with Gasteiger partial charge in [-0.3, -0.25) is 9.78 Å². The fraction of sp³-hybridized carbons (Fsp3) is 0.333. The minimum Gasteiger partial charge on any atom is -0.465 e. The largest absolute Gasteiger partial charge is 0.465 e. The average molecular weight is 246 g/mol. The van der Waals surface area contributed by atoms with Crippen molar-refractivity contribution < 1.29 is 9.53 Å². The standard InChI is InChI=1S/C5H5N.C4H7BrO2/c1-2-4-6-5-3-1;1-2-7-4(6)3-5/h1-5H;2-3H2,1H3. The van der Waals surface area contributed by atoms with E-state index in [1.165, 1.54) is 0 Å². The first kappa shape index (κ1) is 12.1. The van der Waals surface area contributed by atoms with Gasteiger partial charge in [0.25, 0.3) is 0 Å². The zero-order chi connectivity index (χ0) is 9.94. The van der Waals surface area contributed by atoms with E-state index in [1.807, 2.05) is 18.2 Å². The summed E-state index contributed by atoms with van der Waals surface area (Å²) in [4.78, 5) is 13.9. The molecule has 1 aromatic heterocycles. The summed E-state index contributed by atoms with van der Waals surface area (Å²) in [5.41, 5.74) is 0. The second-order valence-corrected chi connectivity index (χ2v) is 2.52. The van der Waals surface area contributed by atoms with Crippen LogP contribution in [0.15, 0.2) is 30.6 Å². The Kier molecular flexibility index (Phi) is 8.55. The number of esters is 1. The molecule has 0 aliphatic heterocycles. The number of carbonyl (C=O) groups is 1. The predicted octanol–water partition coefficient (Wildman–Crippen LogP) is 2.03. The third-order valence-corrected chi connectivity index (χ3v) is 1.44. The highest BCUT2D eigenvalue weighted by atomic mass is 79.9. The summed E-state index contributed by atoms with van der Waals surface area (Å²) in [6.45, 7) is 2.24. The average Bonchev–Trinajstić information content (AvgIpc) is 2.22. The van der Waals surface area contributed by atoms with Crippen molar-refractivity contribution in [3.63, 3.8) is 0 Å². The van der Waals surface area contributed by atoms with Crippen LogP contribution in [0.4, 0.5) is 0 Å². The van der Waals surface area contributed by atoms with Crippen molar-refractivity contribution in [2.45, 2.75) is 6.92 Å². The molecule has 0 radical (unpaired) electrons. The van der Waals surface area contributed by atoms with Gasteiger partial charge in [0.15, 0.2) is 0 Å². The number of carbonyl (C=O) groups excluding carboxylic acids is 1. The minimum atomic E-state index is -0.206. The zero-order valence-electron chi connectivity index (χ0n) is 7.44. The summed E-state index contributed by atoms with van der Waals surface area (Å²) in [6, 6.07) is 5.72. The van der Waals surface area contributed by atoms with Gasteiger partial charge in [0.2, 0.25) is 0 Å². The molecule has 0 N–H and O–H groups in total. The number of pyridine rings is 1. The molecule has 1 heterocycles. The molecule has 0 saturated heterocycles. The van der Waals surface area contributed by atoms with Crippen molar-refractivity contribution in [2.24, 2.45) is 0 Å². The van der Waals surface area contributed by atoms with E-state index >= 15 is 0 Å². The van der Waals surface area contributed by atoms with Crippen molar-refractivity contribution in [3.8, 4) is 0 Å². The lowest BCUT2D eigenvalue weighted by atomic mass is 10.5. The number of hydrogen-bond donors (Lipinski definition) is 0. The summed E-state index contributed by atoms with van der Waals surface area (Å²) in [5.74, 6) is -0.206. The number of halogens is 1. The summed E-state index contributed by atoms with van der Waals surface area (Å²) in [5, 5.41) is 0.292. The van der Waals surface area contributed by atoms with Gasteiger partial charge in [-0.25, -0.2) is 0 Å². The Morgan fingerprint density at radius 3 is 2.15 bits per heavy atom. The van der Waals surface area contributed by atoms with Gasteiger partial charge in [0, 0.05) is 12.4 Å². The SMILES string of the molecule is CCOC(=O)CBr.c1ccncc1. The summed E-state index contributed by atoms with van der Waals surface area (Å²) in [6.07, 6.45) is 3.50. The lowest BCUT2D eigenvalue weighted by Gasteiger charge is -1.92. The molecule has 0 unspecified atom stereocenters. The van der Waals surface area contributed by atoms with Gasteiger partial charge in [-0.2, -0.15) is 0 Å². The molecule has 0 spiro atoms. The van der Waals surface area contributed by atoms with Crippen LogP contribution >= 0.6 is 15.9 Å².